The highest BCUT2D eigenvalue weighted by molar-refractivity contribution is 7.12. The Morgan fingerprint density at radius 1 is 1.25 bits per heavy atom. The molecule has 0 aliphatic heterocycles. The molecule has 0 radical (unpaired) electrons. The monoisotopic (exact) mass is 359 g/mol. The maximum absolute atomic E-state index is 12.8. The normalized spacial score (nSPS) is 12.4. The van der Waals surface area contributed by atoms with E-state index in [0.29, 0.717) is 5.56 Å². The standard InChI is InChI=1S/C18H21N3OS2/c1-10-8-16(13(4)21(10)18-19-6-7-23-18)17(22)20-12(3)15-9-11(2)24-14(15)5/h6-9,12H,1-5H3,(H,20,22). The second-order valence-corrected chi connectivity index (χ2v) is 8.33. The van der Waals surface area contributed by atoms with E-state index in [0.717, 1.165) is 16.5 Å². The lowest BCUT2D eigenvalue weighted by atomic mass is 10.1. The van der Waals surface area contributed by atoms with Crippen molar-refractivity contribution in [2.45, 2.75) is 40.7 Å². The molecular weight excluding hydrogens is 338 g/mol. The van der Waals surface area contributed by atoms with E-state index in [9.17, 15) is 4.79 Å². The van der Waals surface area contributed by atoms with E-state index in [2.05, 4.69) is 30.2 Å². The summed E-state index contributed by atoms with van der Waals surface area (Å²) in [5.41, 5.74) is 3.84. The highest BCUT2D eigenvalue weighted by Crippen LogP contribution is 2.27. The molecule has 0 saturated carbocycles. The van der Waals surface area contributed by atoms with Crippen molar-refractivity contribution in [3.8, 4) is 5.13 Å². The van der Waals surface area contributed by atoms with Gasteiger partial charge in [0.1, 0.15) is 0 Å². The van der Waals surface area contributed by atoms with Crippen LogP contribution >= 0.6 is 22.7 Å². The average molecular weight is 360 g/mol. The molecule has 126 valence electrons. The number of rotatable bonds is 4. The number of hydrogen-bond acceptors (Lipinski definition) is 4. The number of nitrogens with one attached hydrogen (secondary N) is 1. The van der Waals surface area contributed by atoms with Crippen molar-refractivity contribution >= 4 is 28.6 Å². The van der Waals surface area contributed by atoms with Gasteiger partial charge < -0.3 is 5.32 Å². The molecule has 1 atom stereocenters. The maximum Gasteiger partial charge on any atom is 0.253 e. The van der Waals surface area contributed by atoms with Crippen molar-refractivity contribution in [2.75, 3.05) is 0 Å². The SMILES string of the molecule is Cc1cc(C(C)NC(=O)c2cc(C)n(-c3nccs3)c2C)c(C)s1. The van der Waals surface area contributed by atoms with Crippen LogP contribution < -0.4 is 5.32 Å². The van der Waals surface area contributed by atoms with E-state index < -0.39 is 0 Å². The van der Waals surface area contributed by atoms with Gasteiger partial charge in [-0.15, -0.1) is 22.7 Å². The maximum atomic E-state index is 12.8. The van der Waals surface area contributed by atoms with Crippen LogP contribution in [0.15, 0.2) is 23.7 Å². The minimum absolute atomic E-state index is 0.00892. The Hall–Kier alpha value is -1.92. The van der Waals surface area contributed by atoms with E-state index in [-0.39, 0.29) is 11.9 Å². The van der Waals surface area contributed by atoms with E-state index in [1.165, 1.54) is 15.3 Å². The molecule has 24 heavy (non-hydrogen) atoms. The number of aromatic nitrogens is 2. The Bertz CT molecular complexity index is 875. The fourth-order valence-electron chi connectivity index (χ4n) is 3.05. The van der Waals surface area contributed by atoms with Gasteiger partial charge >= 0.3 is 0 Å². The number of nitrogens with zero attached hydrogens (tertiary/aromatic N) is 2. The second kappa shape index (κ2) is 6.53. The molecule has 1 N–H and O–H groups in total. The molecule has 3 aromatic rings. The van der Waals surface area contributed by atoms with Crippen LogP contribution in [-0.4, -0.2) is 15.5 Å². The third kappa shape index (κ3) is 3.03. The van der Waals surface area contributed by atoms with Crippen molar-refractivity contribution in [2.24, 2.45) is 0 Å². The fraction of sp³-hybridized carbons (Fsp3) is 0.333. The van der Waals surface area contributed by atoms with Gasteiger partial charge in [-0.1, -0.05) is 0 Å². The average Bonchev–Trinajstić information content (AvgIpc) is 3.19. The van der Waals surface area contributed by atoms with Crippen LogP contribution in [-0.2, 0) is 0 Å². The molecule has 1 unspecified atom stereocenters. The number of aryl methyl sites for hydroxylation is 3. The van der Waals surface area contributed by atoms with Gasteiger partial charge in [0.25, 0.3) is 5.91 Å². The number of carbonyl (C=O) groups excluding carboxylic acids is 1. The summed E-state index contributed by atoms with van der Waals surface area (Å²) < 4.78 is 2.03. The van der Waals surface area contributed by atoms with E-state index >= 15 is 0 Å². The minimum Gasteiger partial charge on any atom is -0.345 e. The summed E-state index contributed by atoms with van der Waals surface area (Å²) in [5.74, 6) is -0.0401. The van der Waals surface area contributed by atoms with Crippen LogP contribution in [0, 0.1) is 27.7 Å². The zero-order valence-electron chi connectivity index (χ0n) is 14.5. The van der Waals surface area contributed by atoms with Crippen LogP contribution in [0.4, 0.5) is 0 Å². The van der Waals surface area contributed by atoms with Gasteiger partial charge in [0.2, 0.25) is 0 Å². The lowest BCUT2D eigenvalue weighted by Crippen LogP contribution is -2.27. The molecule has 0 aromatic carbocycles. The number of hydrogen-bond donors (Lipinski definition) is 1. The molecule has 0 saturated heterocycles. The molecule has 3 aromatic heterocycles. The zero-order valence-corrected chi connectivity index (χ0v) is 16.1. The highest BCUT2D eigenvalue weighted by Gasteiger charge is 2.20. The van der Waals surface area contributed by atoms with Crippen LogP contribution in [0.1, 0.15) is 50.0 Å². The molecule has 3 heterocycles. The van der Waals surface area contributed by atoms with Gasteiger partial charge in [0.15, 0.2) is 5.13 Å². The van der Waals surface area contributed by atoms with Gasteiger partial charge in [-0.25, -0.2) is 4.98 Å². The van der Waals surface area contributed by atoms with E-state index in [1.807, 2.05) is 36.8 Å². The van der Waals surface area contributed by atoms with E-state index in [4.69, 9.17) is 0 Å². The molecule has 0 fully saturated rings. The first kappa shape index (κ1) is 16.9. The third-order valence-corrected chi connectivity index (χ3v) is 5.92. The quantitative estimate of drug-likeness (QED) is 0.733. The van der Waals surface area contributed by atoms with Gasteiger partial charge in [-0.05, 0) is 52.3 Å². The lowest BCUT2D eigenvalue weighted by molar-refractivity contribution is 0.0939. The Labute approximate surface area is 150 Å². The Morgan fingerprint density at radius 3 is 2.58 bits per heavy atom. The third-order valence-electron chi connectivity index (χ3n) is 4.18. The van der Waals surface area contributed by atoms with Crippen molar-refractivity contribution in [1.29, 1.82) is 0 Å². The molecule has 0 bridgehead atoms. The molecule has 0 spiro atoms. The van der Waals surface area contributed by atoms with Crippen LogP contribution in [0.2, 0.25) is 0 Å². The van der Waals surface area contributed by atoms with Gasteiger partial charge in [-0.2, -0.15) is 0 Å². The van der Waals surface area contributed by atoms with Crippen LogP contribution in [0.3, 0.4) is 0 Å². The second-order valence-electron chi connectivity index (χ2n) is 6.00. The molecule has 4 nitrogen and oxygen atoms in total. The summed E-state index contributed by atoms with van der Waals surface area (Å²) in [4.78, 5) is 19.6. The summed E-state index contributed by atoms with van der Waals surface area (Å²) in [7, 11) is 0. The number of carbonyl (C=O) groups is 1. The Balaban J connectivity index is 1.86. The van der Waals surface area contributed by atoms with Crippen molar-refractivity contribution in [3.05, 3.63) is 56.0 Å². The first-order valence-corrected chi connectivity index (χ1v) is 9.54. The highest BCUT2D eigenvalue weighted by atomic mass is 32.1. The Morgan fingerprint density at radius 2 is 2.00 bits per heavy atom. The molecule has 0 aliphatic carbocycles. The lowest BCUT2D eigenvalue weighted by Gasteiger charge is -2.14. The topological polar surface area (TPSA) is 46.9 Å². The minimum atomic E-state index is -0.0401. The first-order valence-electron chi connectivity index (χ1n) is 7.85. The summed E-state index contributed by atoms with van der Waals surface area (Å²) in [6.45, 7) is 10.2. The zero-order chi connectivity index (χ0) is 17.4. The fourth-order valence-corrected chi connectivity index (χ4v) is 4.82. The summed E-state index contributed by atoms with van der Waals surface area (Å²) in [6.07, 6.45) is 1.78. The van der Waals surface area contributed by atoms with Crippen molar-refractivity contribution in [3.63, 3.8) is 0 Å². The van der Waals surface area contributed by atoms with E-state index in [1.54, 1.807) is 28.9 Å². The molecule has 1 amide bonds. The first-order chi connectivity index (χ1) is 11.4. The van der Waals surface area contributed by atoms with Crippen molar-refractivity contribution < 1.29 is 4.79 Å². The summed E-state index contributed by atoms with van der Waals surface area (Å²) >= 11 is 3.33. The van der Waals surface area contributed by atoms with Gasteiger partial charge in [-0.3, -0.25) is 9.36 Å². The summed E-state index contributed by atoms with van der Waals surface area (Å²) in [5, 5.41) is 5.96. The number of thiophene rings is 1. The molecule has 3 rings (SSSR count). The molecule has 6 heteroatoms. The number of amides is 1. The van der Waals surface area contributed by atoms with Crippen molar-refractivity contribution in [1.82, 2.24) is 14.9 Å². The summed E-state index contributed by atoms with van der Waals surface area (Å²) in [6, 6.07) is 4.08. The van der Waals surface area contributed by atoms with Gasteiger partial charge in [0.05, 0.1) is 11.6 Å². The van der Waals surface area contributed by atoms with Crippen LogP contribution in [0.25, 0.3) is 5.13 Å². The molecular formula is C18H21N3OS2. The smallest absolute Gasteiger partial charge is 0.253 e. The predicted octanol–water partition coefficient (Wildman–Crippen LogP) is 4.72. The predicted molar refractivity (Wildman–Crippen MR) is 101 cm³/mol. The number of thiazole rings is 1. The van der Waals surface area contributed by atoms with Gasteiger partial charge in [0, 0.05) is 32.7 Å². The Kier molecular flexibility index (Phi) is 4.60. The largest absolute Gasteiger partial charge is 0.345 e. The van der Waals surface area contributed by atoms with Crippen LogP contribution in [0.5, 0.6) is 0 Å². The molecule has 0 aliphatic rings.